The van der Waals surface area contributed by atoms with Gasteiger partial charge in [0.2, 0.25) is 0 Å². The summed E-state index contributed by atoms with van der Waals surface area (Å²) in [5, 5.41) is 4.10. The van der Waals surface area contributed by atoms with Crippen LogP contribution in [-0.4, -0.2) is 18.4 Å². The van der Waals surface area contributed by atoms with Gasteiger partial charge in [0.25, 0.3) is 0 Å². The summed E-state index contributed by atoms with van der Waals surface area (Å²) in [4.78, 5) is 11.1. The summed E-state index contributed by atoms with van der Waals surface area (Å²) in [6.45, 7) is 10.1. The van der Waals surface area contributed by atoms with E-state index in [0.717, 1.165) is 29.7 Å². The molecule has 1 unspecified atom stereocenters. The quantitative estimate of drug-likeness (QED) is 0.605. The van der Waals surface area contributed by atoms with Gasteiger partial charge in [0.15, 0.2) is 0 Å². The Morgan fingerprint density at radius 2 is 2.41 bits per heavy atom. The van der Waals surface area contributed by atoms with Crippen molar-refractivity contribution in [2.24, 2.45) is 11.0 Å². The lowest BCUT2D eigenvalue weighted by atomic mass is 9.85. The smallest absolute Gasteiger partial charge is 0.427 e. The van der Waals surface area contributed by atoms with Crippen LogP contribution in [0, 0.1) is 5.92 Å². The molecular formula is C13H20N2O2. The van der Waals surface area contributed by atoms with E-state index in [1.54, 1.807) is 6.92 Å². The van der Waals surface area contributed by atoms with Gasteiger partial charge in [-0.1, -0.05) is 18.2 Å². The maximum atomic E-state index is 11.1. The van der Waals surface area contributed by atoms with Crippen LogP contribution >= 0.6 is 0 Å². The summed E-state index contributed by atoms with van der Waals surface area (Å²) < 4.78 is 4.75. The fourth-order valence-electron chi connectivity index (χ4n) is 1.70. The lowest BCUT2D eigenvalue weighted by Gasteiger charge is -2.22. The Morgan fingerprint density at radius 3 is 3.00 bits per heavy atom. The standard InChI is InChI=1S/C13H20N2O2/c1-5-17-13(16)15-14-12-8-11(9(2)3)7-6-10(12)4/h6,11H,2,5,7-8H2,1,3-4H3,(H,15,16)/b14-12-. The molecule has 0 aliphatic heterocycles. The summed E-state index contributed by atoms with van der Waals surface area (Å²) in [5.41, 5.74) is 5.56. The molecule has 0 aromatic heterocycles. The third-order valence-electron chi connectivity index (χ3n) is 2.86. The van der Waals surface area contributed by atoms with Gasteiger partial charge >= 0.3 is 6.09 Å². The highest BCUT2D eigenvalue weighted by atomic mass is 16.5. The number of ether oxygens (including phenoxy) is 1. The number of carbonyl (C=O) groups is 1. The monoisotopic (exact) mass is 236 g/mol. The number of nitrogens with zero attached hydrogens (tertiary/aromatic N) is 1. The molecule has 4 nitrogen and oxygen atoms in total. The Hall–Kier alpha value is -1.58. The Morgan fingerprint density at radius 1 is 1.71 bits per heavy atom. The van der Waals surface area contributed by atoms with Crippen molar-refractivity contribution in [3.05, 3.63) is 23.8 Å². The van der Waals surface area contributed by atoms with Gasteiger partial charge in [-0.2, -0.15) is 5.10 Å². The first-order valence-corrected chi connectivity index (χ1v) is 5.86. The molecule has 0 bridgehead atoms. The average Bonchev–Trinajstić information content (AvgIpc) is 2.28. The third-order valence-corrected chi connectivity index (χ3v) is 2.86. The van der Waals surface area contributed by atoms with Crippen molar-refractivity contribution in [2.45, 2.75) is 33.6 Å². The number of carbonyl (C=O) groups excluding carboxylic acids is 1. The molecule has 1 rings (SSSR count). The van der Waals surface area contributed by atoms with Crippen molar-refractivity contribution in [3.63, 3.8) is 0 Å². The van der Waals surface area contributed by atoms with E-state index < -0.39 is 6.09 Å². The molecule has 1 aliphatic rings. The topological polar surface area (TPSA) is 50.7 Å². The number of amides is 1. The molecule has 94 valence electrons. The first kappa shape index (κ1) is 13.5. The van der Waals surface area contributed by atoms with Gasteiger partial charge < -0.3 is 4.74 Å². The molecule has 0 spiro atoms. The van der Waals surface area contributed by atoms with Gasteiger partial charge in [0, 0.05) is 0 Å². The van der Waals surface area contributed by atoms with Crippen LogP contribution in [0.3, 0.4) is 0 Å². The molecule has 0 aromatic carbocycles. The molecule has 4 heteroatoms. The average molecular weight is 236 g/mol. The molecule has 0 heterocycles. The molecule has 1 aliphatic carbocycles. The predicted octanol–water partition coefficient (Wildman–Crippen LogP) is 3.02. The zero-order chi connectivity index (χ0) is 12.8. The lowest BCUT2D eigenvalue weighted by Crippen LogP contribution is -2.23. The van der Waals surface area contributed by atoms with Crippen LogP contribution in [0.25, 0.3) is 0 Å². The number of hydrogen-bond donors (Lipinski definition) is 1. The second kappa shape index (κ2) is 6.23. The van der Waals surface area contributed by atoms with Gasteiger partial charge in [-0.05, 0) is 45.1 Å². The normalized spacial score (nSPS) is 21.9. The van der Waals surface area contributed by atoms with E-state index in [2.05, 4.69) is 23.2 Å². The van der Waals surface area contributed by atoms with Gasteiger partial charge in [-0.3, -0.25) is 0 Å². The zero-order valence-electron chi connectivity index (χ0n) is 10.7. The van der Waals surface area contributed by atoms with Crippen molar-refractivity contribution in [1.29, 1.82) is 0 Å². The SMILES string of the molecule is C=C(C)C1CC=C(C)/C(=N\NC(=O)OCC)C1. The molecule has 1 N–H and O–H groups in total. The summed E-state index contributed by atoms with van der Waals surface area (Å²) in [5.74, 6) is 0.418. The van der Waals surface area contributed by atoms with Gasteiger partial charge in [-0.15, -0.1) is 0 Å². The first-order chi connectivity index (χ1) is 8.04. The Kier molecular flexibility index (Phi) is 4.94. The minimum absolute atomic E-state index is 0.347. The van der Waals surface area contributed by atoms with Crippen molar-refractivity contribution in [3.8, 4) is 0 Å². The van der Waals surface area contributed by atoms with E-state index in [-0.39, 0.29) is 0 Å². The first-order valence-electron chi connectivity index (χ1n) is 5.86. The van der Waals surface area contributed by atoms with Gasteiger partial charge in [0.05, 0.1) is 12.3 Å². The molecule has 0 aromatic rings. The highest BCUT2D eigenvalue weighted by Crippen LogP contribution is 2.26. The number of hydrogen-bond acceptors (Lipinski definition) is 3. The predicted molar refractivity (Wildman–Crippen MR) is 68.9 cm³/mol. The number of allylic oxidation sites excluding steroid dienone is 3. The summed E-state index contributed by atoms with van der Waals surface area (Å²) >= 11 is 0. The minimum atomic E-state index is -0.509. The third kappa shape index (κ3) is 4.06. The molecule has 0 fully saturated rings. The van der Waals surface area contributed by atoms with E-state index in [0.29, 0.717) is 12.5 Å². The second-order valence-electron chi connectivity index (χ2n) is 4.26. The minimum Gasteiger partial charge on any atom is -0.449 e. The number of nitrogens with one attached hydrogen (secondary N) is 1. The fraction of sp³-hybridized carbons (Fsp3) is 0.538. The van der Waals surface area contributed by atoms with E-state index in [1.165, 1.54) is 0 Å². The molecule has 0 radical (unpaired) electrons. The number of rotatable bonds is 3. The van der Waals surface area contributed by atoms with E-state index in [1.807, 2.05) is 13.8 Å². The van der Waals surface area contributed by atoms with Crippen LogP contribution in [0.1, 0.15) is 33.6 Å². The van der Waals surface area contributed by atoms with Crippen molar-refractivity contribution >= 4 is 11.8 Å². The van der Waals surface area contributed by atoms with Crippen molar-refractivity contribution in [1.82, 2.24) is 5.43 Å². The van der Waals surface area contributed by atoms with Crippen LogP contribution in [0.2, 0.25) is 0 Å². The van der Waals surface area contributed by atoms with Crippen molar-refractivity contribution < 1.29 is 9.53 Å². The van der Waals surface area contributed by atoms with Crippen molar-refractivity contribution in [2.75, 3.05) is 6.61 Å². The number of hydrazone groups is 1. The van der Waals surface area contributed by atoms with Crippen LogP contribution in [0.15, 0.2) is 28.9 Å². The Bertz CT molecular complexity index is 370. The molecular weight excluding hydrogens is 216 g/mol. The van der Waals surface area contributed by atoms with Crippen LogP contribution < -0.4 is 5.43 Å². The lowest BCUT2D eigenvalue weighted by molar-refractivity contribution is 0.152. The van der Waals surface area contributed by atoms with E-state index >= 15 is 0 Å². The molecule has 0 saturated carbocycles. The highest BCUT2D eigenvalue weighted by molar-refractivity contribution is 6.01. The summed E-state index contributed by atoms with van der Waals surface area (Å²) in [6, 6.07) is 0. The fourth-order valence-corrected chi connectivity index (χ4v) is 1.70. The largest absolute Gasteiger partial charge is 0.449 e. The van der Waals surface area contributed by atoms with Crippen LogP contribution in [-0.2, 0) is 4.74 Å². The van der Waals surface area contributed by atoms with Crippen LogP contribution in [0.4, 0.5) is 4.79 Å². The molecule has 1 atom stereocenters. The maximum Gasteiger partial charge on any atom is 0.427 e. The van der Waals surface area contributed by atoms with E-state index in [9.17, 15) is 4.79 Å². The molecule has 0 saturated heterocycles. The second-order valence-corrected chi connectivity index (χ2v) is 4.26. The highest BCUT2D eigenvalue weighted by Gasteiger charge is 2.18. The molecule has 1 amide bonds. The summed E-state index contributed by atoms with van der Waals surface area (Å²) in [6.07, 6.45) is 3.45. The van der Waals surface area contributed by atoms with Crippen LogP contribution in [0.5, 0.6) is 0 Å². The van der Waals surface area contributed by atoms with Gasteiger partial charge in [-0.25, -0.2) is 10.2 Å². The Balaban J connectivity index is 2.65. The van der Waals surface area contributed by atoms with E-state index in [4.69, 9.17) is 4.74 Å². The molecule has 17 heavy (non-hydrogen) atoms. The summed E-state index contributed by atoms with van der Waals surface area (Å²) in [7, 11) is 0. The maximum absolute atomic E-state index is 11.1. The zero-order valence-corrected chi connectivity index (χ0v) is 10.7. The van der Waals surface area contributed by atoms with Gasteiger partial charge in [0.1, 0.15) is 0 Å². The Labute approximate surface area is 102 Å².